The van der Waals surface area contributed by atoms with Gasteiger partial charge in [-0.05, 0) is 18.1 Å². The molecule has 2 aliphatic carbocycles. The van der Waals surface area contributed by atoms with E-state index < -0.39 is 5.79 Å². The summed E-state index contributed by atoms with van der Waals surface area (Å²) < 4.78 is 26.9. The first kappa shape index (κ1) is 13.2. The number of fused-ring (bicyclic) bond motifs is 1. The summed E-state index contributed by atoms with van der Waals surface area (Å²) in [6.45, 7) is 2.10. The third-order valence-corrected chi connectivity index (χ3v) is 4.58. The first-order valence-electron chi connectivity index (χ1n) is 7.58. The van der Waals surface area contributed by atoms with Crippen LogP contribution in [0.5, 0.6) is 0 Å². The van der Waals surface area contributed by atoms with Gasteiger partial charge in [-0.1, -0.05) is 12.2 Å². The van der Waals surface area contributed by atoms with Gasteiger partial charge in [0.15, 0.2) is 5.79 Å². The van der Waals surface area contributed by atoms with Crippen molar-refractivity contribution in [1.29, 1.82) is 0 Å². The number of nitrogens with zero attached hydrogens (tertiary/aromatic N) is 2. The molecule has 1 saturated heterocycles. The minimum Gasteiger partial charge on any atom is -0.347 e. The first-order chi connectivity index (χ1) is 10.2. The van der Waals surface area contributed by atoms with Gasteiger partial charge in [-0.2, -0.15) is 5.10 Å². The molecule has 1 aliphatic heterocycles. The van der Waals surface area contributed by atoms with Crippen molar-refractivity contribution in [2.75, 3.05) is 13.2 Å². The van der Waals surface area contributed by atoms with E-state index >= 15 is 0 Å². The van der Waals surface area contributed by atoms with E-state index in [9.17, 15) is 4.39 Å². The molecule has 1 unspecified atom stereocenters. The van der Waals surface area contributed by atoms with Gasteiger partial charge in [0.2, 0.25) is 0 Å². The fourth-order valence-electron chi connectivity index (χ4n) is 3.53. The van der Waals surface area contributed by atoms with Crippen LogP contribution in [0.15, 0.2) is 30.3 Å². The predicted molar refractivity (Wildman–Crippen MR) is 75.3 cm³/mol. The van der Waals surface area contributed by atoms with Crippen molar-refractivity contribution in [3.63, 3.8) is 0 Å². The van der Waals surface area contributed by atoms with Crippen LogP contribution in [0.1, 0.15) is 24.1 Å². The lowest BCUT2D eigenvalue weighted by molar-refractivity contribution is -0.164. The number of allylic oxidation sites excluding steroid dienone is 4. The van der Waals surface area contributed by atoms with E-state index in [1.165, 1.54) is 17.3 Å². The maximum absolute atomic E-state index is 13.3. The third kappa shape index (κ3) is 2.45. The molecule has 112 valence electrons. The van der Waals surface area contributed by atoms with E-state index in [4.69, 9.17) is 9.47 Å². The molecule has 0 aromatic carbocycles. The quantitative estimate of drug-likeness (QED) is 0.840. The molecule has 0 radical (unpaired) electrons. The van der Waals surface area contributed by atoms with Crippen molar-refractivity contribution in [3.05, 3.63) is 41.5 Å². The van der Waals surface area contributed by atoms with Crippen LogP contribution in [0, 0.1) is 5.92 Å². The van der Waals surface area contributed by atoms with E-state index in [0.29, 0.717) is 19.6 Å². The topological polar surface area (TPSA) is 36.3 Å². The van der Waals surface area contributed by atoms with E-state index in [-0.39, 0.29) is 11.7 Å². The highest BCUT2D eigenvalue weighted by Gasteiger charge is 2.41. The van der Waals surface area contributed by atoms with Gasteiger partial charge in [0.25, 0.3) is 0 Å². The Balaban J connectivity index is 1.50. The van der Waals surface area contributed by atoms with Crippen LogP contribution in [0.2, 0.25) is 0 Å². The lowest BCUT2D eigenvalue weighted by Crippen LogP contribution is -2.37. The molecular formula is C16H19FN2O2. The van der Waals surface area contributed by atoms with Gasteiger partial charge >= 0.3 is 0 Å². The Morgan fingerprint density at radius 1 is 1.38 bits per heavy atom. The standard InChI is InChI=1S/C16H19FN2O2/c17-14-3-1-2-12(8-14)11-19-15-4-5-16(20-6-7-21-16)9-13(15)10-18-19/h1-3,10,12H,4-9,11H2. The minimum atomic E-state index is -0.416. The van der Waals surface area contributed by atoms with Crippen molar-refractivity contribution in [2.24, 2.45) is 5.92 Å². The predicted octanol–water partition coefficient (Wildman–Crippen LogP) is 2.54. The summed E-state index contributed by atoms with van der Waals surface area (Å²) in [4.78, 5) is 0. The van der Waals surface area contributed by atoms with E-state index in [1.54, 1.807) is 6.08 Å². The SMILES string of the molecule is FC1=CC=CC(Cn2ncc3c2CCC2(C3)OCCO2)C1. The molecule has 1 spiro atoms. The second-order valence-corrected chi connectivity index (χ2v) is 6.05. The zero-order valence-electron chi connectivity index (χ0n) is 11.9. The number of hydrogen-bond acceptors (Lipinski definition) is 3. The van der Waals surface area contributed by atoms with Crippen molar-refractivity contribution >= 4 is 0 Å². The Hall–Kier alpha value is -1.46. The van der Waals surface area contributed by atoms with Crippen LogP contribution in [-0.2, 0) is 28.9 Å². The maximum Gasteiger partial charge on any atom is 0.172 e. The summed E-state index contributed by atoms with van der Waals surface area (Å²) in [6, 6.07) is 0. The molecule has 0 saturated carbocycles. The van der Waals surface area contributed by atoms with Crippen LogP contribution in [0.4, 0.5) is 4.39 Å². The monoisotopic (exact) mass is 290 g/mol. The number of hydrogen-bond donors (Lipinski definition) is 0. The Morgan fingerprint density at radius 2 is 2.24 bits per heavy atom. The van der Waals surface area contributed by atoms with Crippen molar-refractivity contribution in [2.45, 2.75) is 38.0 Å². The molecule has 0 bridgehead atoms. The molecule has 0 amide bonds. The van der Waals surface area contributed by atoms with Crippen molar-refractivity contribution in [3.8, 4) is 0 Å². The van der Waals surface area contributed by atoms with Crippen LogP contribution in [0.3, 0.4) is 0 Å². The Labute approximate surface area is 123 Å². The fourth-order valence-corrected chi connectivity index (χ4v) is 3.53. The summed E-state index contributed by atoms with van der Waals surface area (Å²) in [6.07, 6.45) is 10.3. The smallest absolute Gasteiger partial charge is 0.172 e. The molecule has 3 aliphatic rings. The zero-order valence-corrected chi connectivity index (χ0v) is 11.9. The van der Waals surface area contributed by atoms with Crippen molar-refractivity contribution in [1.82, 2.24) is 9.78 Å². The molecule has 1 aromatic rings. The molecule has 4 rings (SSSR count). The number of aromatic nitrogens is 2. The second-order valence-electron chi connectivity index (χ2n) is 6.05. The summed E-state index contributed by atoms with van der Waals surface area (Å²) in [5, 5.41) is 4.50. The molecule has 5 heteroatoms. The molecule has 1 fully saturated rings. The minimum absolute atomic E-state index is 0.0461. The number of halogens is 1. The molecule has 2 heterocycles. The summed E-state index contributed by atoms with van der Waals surface area (Å²) in [5.74, 6) is -0.274. The maximum atomic E-state index is 13.3. The molecular weight excluding hydrogens is 271 g/mol. The van der Waals surface area contributed by atoms with Crippen LogP contribution < -0.4 is 0 Å². The van der Waals surface area contributed by atoms with Crippen LogP contribution in [-0.4, -0.2) is 28.8 Å². The van der Waals surface area contributed by atoms with Crippen molar-refractivity contribution < 1.29 is 13.9 Å². The number of rotatable bonds is 2. The Morgan fingerprint density at radius 3 is 3.05 bits per heavy atom. The third-order valence-electron chi connectivity index (χ3n) is 4.58. The Bertz CT molecular complexity index is 599. The first-order valence-corrected chi connectivity index (χ1v) is 7.58. The highest BCUT2D eigenvalue weighted by Crippen LogP contribution is 2.35. The molecule has 4 nitrogen and oxygen atoms in total. The Kier molecular flexibility index (Phi) is 3.19. The number of ether oxygens (including phenoxy) is 2. The molecule has 1 atom stereocenters. The van der Waals surface area contributed by atoms with Crippen LogP contribution in [0.25, 0.3) is 0 Å². The lowest BCUT2D eigenvalue weighted by atomic mass is 9.92. The highest BCUT2D eigenvalue weighted by atomic mass is 19.1. The van der Waals surface area contributed by atoms with Gasteiger partial charge in [0, 0.05) is 37.4 Å². The summed E-state index contributed by atoms with van der Waals surface area (Å²) in [5.41, 5.74) is 2.46. The van der Waals surface area contributed by atoms with E-state index in [1.807, 2.05) is 10.9 Å². The van der Waals surface area contributed by atoms with Gasteiger partial charge in [-0.25, -0.2) is 4.39 Å². The zero-order chi connectivity index (χ0) is 14.3. The summed E-state index contributed by atoms with van der Waals surface area (Å²) in [7, 11) is 0. The van der Waals surface area contributed by atoms with Gasteiger partial charge < -0.3 is 9.47 Å². The largest absolute Gasteiger partial charge is 0.347 e. The summed E-state index contributed by atoms with van der Waals surface area (Å²) >= 11 is 0. The molecule has 0 N–H and O–H groups in total. The van der Waals surface area contributed by atoms with E-state index in [0.717, 1.165) is 25.8 Å². The highest BCUT2D eigenvalue weighted by molar-refractivity contribution is 5.24. The van der Waals surface area contributed by atoms with Gasteiger partial charge in [0.1, 0.15) is 5.83 Å². The van der Waals surface area contributed by atoms with Gasteiger partial charge in [-0.3, -0.25) is 4.68 Å². The molecule has 21 heavy (non-hydrogen) atoms. The van der Waals surface area contributed by atoms with Gasteiger partial charge in [-0.15, -0.1) is 0 Å². The lowest BCUT2D eigenvalue weighted by Gasteiger charge is -2.31. The van der Waals surface area contributed by atoms with E-state index in [2.05, 4.69) is 11.2 Å². The fraction of sp³-hybridized carbons (Fsp3) is 0.562. The average molecular weight is 290 g/mol. The van der Waals surface area contributed by atoms with Gasteiger partial charge in [0.05, 0.1) is 19.4 Å². The second kappa shape index (κ2) is 5.07. The van der Waals surface area contributed by atoms with Crippen LogP contribution >= 0.6 is 0 Å². The average Bonchev–Trinajstić information content (AvgIpc) is 3.07. The normalized spacial score (nSPS) is 26.9. The molecule has 1 aromatic heterocycles.